The van der Waals surface area contributed by atoms with Crippen LogP contribution in [-0.2, 0) is 9.59 Å². The topological polar surface area (TPSA) is 73.0 Å². The van der Waals surface area contributed by atoms with Gasteiger partial charge in [-0.2, -0.15) is 0 Å². The third-order valence-electron chi connectivity index (χ3n) is 6.02. The lowest BCUT2D eigenvalue weighted by Gasteiger charge is -2.38. The number of carbonyl (C=O) groups is 3. The van der Waals surface area contributed by atoms with Gasteiger partial charge in [-0.3, -0.25) is 14.5 Å². The number of rotatable bonds is 3. The summed E-state index contributed by atoms with van der Waals surface area (Å²) in [6, 6.07) is -0.264. The maximum atomic E-state index is 13.0. The summed E-state index contributed by atoms with van der Waals surface area (Å²) in [7, 11) is 0. The molecule has 7 heteroatoms. The predicted molar refractivity (Wildman–Crippen MR) is 93.6 cm³/mol. The minimum atomic E-state index is -0.690. The van der Waals surface area contributed by atoms with Crippen LogP contribution in [0.2, 0.25) is 0 Å². The number of nitrogens with zero attached hydrogens (tertiary/aromatic N) is 3. The third-order valence-corrected chi connectivity index (χ3v) is 6.02. The fourth-order valence-electron chi connectivity index (χ4n) is 4.30. The van der Waals surface area contributed by atoms with Gasteiger partial charge in [0.25, 0.3) is 5.91 Å². The highest BCUT2D eigenvalue weighted by molar-refractivity contribution is 6.07. The summed E-state index contributed by atoms with van der Waals surface area (Å²) >= 11 is 0. The quantitative estimate of drug-likeness (QED) is 0.778. The van der Waals surface area contributed by atoms with Crippen molar-refractivity contribution in [3.63, 3.8) is 0 Å². The van der Waals surface area contributed by atoms with Gasteiger partial charge in [0.2, 0.25) is 5.91 Å². The van der Waals surface area contributed by atoms with E-state index < -0.39 is 5.54 Å². The average molecular weight is 350 g/mol. The van der Waals surface area contributed by atoms with Crippen molar-refractivity contribution in [3.05, 3.63) is 0 Å². The Labute approximate surface area is 149 Å². The number of imide groups is 1. The second kappa shape index (κ2) is 6.94. The summed E-state index contributed by atoms with van der Waals surface area (Å²) in [6.45, 7) is 8.90. The largest absolute Gasteiger partial charge is 0.340 e. The van der Waals surface area contributed by atoms with Crippen molar-refractivity contribution in [1.82, 2.24) is 20.0 Å². The highest BCUT2D eigenvalue weighted by Crippen LogP contribution is 2.38. The van der Waals surface area contributed by atoms with Crippen LogP contribution in [0, 0.1) is 11.8 Å². The molecule has 0 aromatic rings. The van der Waals surface area contributed by atoms with Gasteiger partial charge < -0.3 is 10.2 Å². The fraction of sp³-hybridized carbons (Fsp3) is 0.833. The minimum Gasteiger partial charge on any atom is -0.340 e. The molecule has 25 heavy (non-hydrogen) atoms. The van der Waals surface area contributed by atoms with E-state index in [1.807, 2.05) is 18.7 Å². The molecule has 3 aliphatic rings. The second-order valence-electron chi connectivity index (χ2n) is 8.02. The zero-order valence-corrected chi connectivity index (χ0v) is 15.6. The Morgan fingerprint density at radius 1 is 1.20 bits per heavy atom. The normalized spacial score (nSPS) is 31.1. The lowest BCUT2D eigenvalue weighted by molar-refractivity contribution is -0.139. The van der Waals surface area contributed by atoms with Crippen molar-refractivity contribution < 1.29 is 14.4 Å². The van der Waals surface area contributed by atoms with Crippen LogP contribution in [0.5, 0.6) is 0 Å². The Morgan fingerprint density at radius 3 is 2.48 bits per heavy atom. The van der Waals surface area contributed by atoms with E-state index >= 15 is 0 Å². The van der Waals surface area contributed by atoms with Gasteiger partial charge in [0, 0.05) is 32.1 Å². The first kappa shape index (κ1) is 18.2. The zero-order chi connectivity index (χ0) is 18.2. The highest BCUT2D eigenvalue weighted by Gasteiger charge is 2.55. The molecule has 2 aliphatic heterocycles. The number of nitrogens with one attached hydrogen (secondary N) is 1. The van der Waals surface area contributed by atoms with Crippen molar-refractivity contribution in [2.75, 3.05) is 32.8 Å². The van der Waals surface area contributed by atoms with Gasteiger partial charge >= 0.3 is 6.03 Å². The molecular formula is C18H30N4O3. The molecule has 140 valence electrons. The first-order chi connectivity index (χ1) is 11.8. The van der Waals surface area contributed by atoms with Gasteiger partial charge in [-0.25, -0.2) is 9.69 Å². The number of hydrogen-bond donors (Lipinski definition) is 1. The number of carbonyl (C=O) groups excluding carboxylic acids is 3. The molecule has 0 aromatic heterocycles. The van der Waals surface area contributed by atoms with E-state index in [1.165, 1.54) is 4.90 Å². The smallest absolute Gasteiger partial charge is 0.326 e. The molecule has 0 radical (unpaired) electrons. The Kier molecular flexibility index (Phi) is 5.04. The molecule has 4 amide bonds. The van der Waals surface area contributed by atoms with Crippen molar-refractivity contribution in [1.29, 1.82) is 0 Å². The van der Waals surface area contributed by atoms with E-state index in [0.29, 0.717) is 32.8 Å². The zero-order valence-electron chi connectivity index (χ0n) is 15.6. The van der Waals surface area contributed by atoms with Crippen LogP contribution in [0.4, 0.5) is 4.79 Å². The molecular weight excluding hydrogens is 320 g/mol. The second-order valence-corrected chi connectivity index (χ2v) is 8.02. The van der Waals surface area contributed by atoms with E-state index in [2.05, 4.69) is 17.1 Å². The third kappa shape index (κ3) is 3.26. The Morgan fingerprint density at radius 2 is 1.88 bits per heavy atom. The van der Waals surface area contributed by atoms with Crippen molar-refractivity contribution >= 4 is 17.8 Å². The standard InChI is InChI=1S/C18H30N4O3/c1-13(2)15(23)21-10-8-20(9-11-21)12-22-16(24)18(19-17(22)25)7-5-4-6-14(18)3/h13-14H,4-12H2,1-3H3,(H,19,25)/t14-,18+/m1/s1. The molecule has 2 saturated heterocycles. The van der Waals surface area contributed by atoms with E-state index in [4.69, 9.17) is 0 Å². The Balaban J connectivity index is 1.60. The van der Waals surface area contributed by atoms with Gasteiger partial charge in [0.15, 0.2) is 0 Å². The molecule has 0 unspecified atom stereocenters. The van der Waals surface area contributed by atoms with E-state index in [9.17, 15) is 14.4 Å². The van der Waals surface area contributed by atoms with Crippen LogP contribution in [0.25, 0.3) is 0 Å². The van der Waals surface area contributed by atoms with Crippen molar-refractivity contribution in [2.24, 2.45) is 11.8 Å². The molecule has 1 spiro atoms. The number of amides is 4. The Hall–Kier alpha value is -1.63. The molecule has 0 bridgehead atoms. The number of hydrogen-bond acceptors (Lipinski definition) is 4. The molecule has 3 fully saturated rings. The van der Waals surface area contributed by atoms with Gasteiger partial charge in [-0.05, 0) is 18.8 Å². The maximum absolute atomic E-state index is 13.0. The summed E-state index contributed by atoms with van der Waals surface area (Å²) in [4.78, 5) is 42.8. The van der Waals surface area contributed by atoms with Crippen LogP contribution in [0.3, 0.4) is 0 Å². The lowest BCUT2D eigenvalue weighted by Crippen LogP contribution is -2.55. The van der Waals surface area contributed by atoms with Crippen LogP contribution >= 0.6 is 0 Å². The SMILES string of the molecule is CC(C)C(=O)N1CCN(CN2C(=O)N[C@]3(CCCC[C@H]3C)C2=O)CC1. The molecule has 1 aliphatic carbocycles. The first-order valence-electron chi connectivity index (χ1n) is 9.50. The molecule has 1 saturated carbocycles. The van der Waals surface area contributed by atoms with Gasteiger partial charge in [0.1, 0.15) is 5.54 Å². The van der Waals surface area contributed by atoms with Gasteiger partial charge in [-0.1, -0.05) is 33.6 Å². The van der Waals surface area contributed by atoms with Crippen LogP contribution in [0.15, 0.2) is 0 Å². The maximum Gasteiger partial charge on any atom is 0.326 e. The van der Waals surface area contributed by atoms with E-state index in [1.54, 1.807) is 0 Å². The van der Waals surface area contributed by atoms with Crippen LogP contribution < -0.4 is 5.32 Å². The average Bonchev–Trinajstić information content (AvgIpc) is 2.82. The van der Waals surface area contributed by atoms with Crippen LogP contribution in [0.1, 0.15) is 46.5 Å². The molecule has 1 N–H and O–H groups in total. The van der Waals surface area contributed by atoms with E-state index in [-0.39, 0.29) is 29.7 Å². The summed E-state index contributed by atoms with van der Waals surface area (Å²) in [5.41, 5.74) is -0.690. The fourth-order valence-corrected chi connectivity index (χ4v) is 4.30. The van der Waals surface area contributed by atoms with Crippen molar-refractivity contribution in [2.45, 2.75) is 52.0 Å². The molecule has 2 heterocycles. The molecule has 0 aromatic carbocycles. The molecule has 2 atom stereocenters. The van der Waals surface area contributed by atoms with E-state index in [0.717, 1.165) is 25.7 Å². The predicted octanol–water partition coefficient (Wildman–Crippen LogP) is 1.24. The summed E-state index contributed by atoms with van der Waals surface area (Å²) in [5, 5.41) is 3.00. The molecule has 7 nitrogen and oxygen atoms in total. The highest BCUT2D eigenvalue weighted by atomic mass is 16.2. The number of urea groups is 1. The van der Waals surface area contributed by atoms with Crippen molar-refractivity contribution in [3.8, 4) is 0 Å². The summed E-state index contributed by atoms with van der Waals surface area (Å²) in [5.74, 6) is 0.295. The minimum absolute atomic E-state index is 0.00475. The molecule has 3 rings (SSSR count). The monoisotopic (exact) mass is 350 g/mol. The van der Waals surface area contributed by atoms with Gasteiger partial charge in [-0.15, -0.1) is 0 Å². The first-order valence-corrected chi connectivity index (χ1v) is 9.50. The van der Waals surface area contributed by atoms with Gasteiger partial charge in [0.05, 0.1) is 6.67 Å². The summed E-state index contributed by atoms with van der Waals surface area (Å²) in [6.07, 6.45) is 3.83. The lowest BCUT2D eigenvalue weighted by atomic mass is 9.73. The summed E-state index contributed by atoms with van der Waals surface area (Å²) < 4.78 is 0. The van der Waals surface area contributed by atoms with Crippen LogP contribution in [-0.4, -0.2) is 70.9 Å². The Bertz CT molecular complexity index is 557. The number of piperazine rings is 1.